The second kappa shape index (κ2) is 5.87. The molecular weight excluding hydrogens is 270 g/mol. The van der Waals surface area contributed by atoms with Crippen LogP contribution in [0.3, 0.4) is 0 Å². The third-order valence-corrected chi connectivity index (χ3v) is 5.29. The van der Waals surface area contributed by atoms with E-state index in [-0.39, 0.29) is 11.8 Å². The van der Waals surface area contributed by atoms with Gasteiger partial charge >= 0.3 is 0 Å². The molecule has 2 aliphatic rings. The molecule has 108 valence electrons. The van der Waals surface area contributed by atoms with Gasteiger partial charge in [0.2, 0.25) is 0 Å². The van der Waals surface area contributed by atoms with Gasteiger partial charge in [-0.05, 0) is 69.3 Å². The van der Waals surface area contributed by atoms with Gasteiger partial charge in [0, 0.05) is 16.6 Å². The zero-order chi connectivity index (χ0) is 14.1. The molecule has 1 saturated carbocycles. The van der Waals surface area contributed by atoms with Gasteiger partial charge in [0.1, 0.15) is 0 Å². The van der Waals surface area contributed by atoms with Crippen LogP contribution in [-0.4, -0.2) is 29.3 Å². The number of hydrogen-bond donors (Lipinski definition) is 0. The van der Waals surface area contributed by atoms with E-state index in [1.807, 2.05) is 12.1 Å². The minimum absolute atomic E-state index is 0.0120. The standard InChI is InChI=1S/C17H22ClNO/c1-12(17(20)14-7-9-15(18)10-8-14)19-11-3-5-13-4-2-6-16(13)19/h7-10,12-13,16H,2-6,11H2,1H3. The summed E-state index contributed by atoms with van der Waals surface area (Å²) in [6.45, 7) is 3.14. The van der Waals surface area contributed by atoms with Crippen molar-refractivity contribution >= 4 is 17.4 Å². The fourth-order valence-corrected chi connectivity index (χ4v) is 4.11. The summed E-state index contributed by atoms with van der Waals surface area (Å²) in [7, 11) is 0. The second-order valence-corrected chi connectivity index (χ2v) is 6.62. The van der Waals surface area contributed by atoms with Gasteiger partial charge < -0.3 is 0 Å². The molecule has 3 heteroatoms. The Hall–Kier alpha value is -0.860. The number of halogens is 1. The summed E-state index contributed by atoms with van der Waals surface area (Å²) in [6, 6.07) is 7.91. The van der Waals surface area contributed by atoms with Crippen molar-refractivity contribution in [3.05, 3.63) is 34.9 Å². The lowest BCUT2D eigenvalue weighted by Crippen LogP contribution is -2.50. The number of likely N-dealkylation sites (tertiary alicyclic amines) is 1. The van der Waals surface area contributed by atoms with E-state index >= 15 is 0 Å². The molecule has 3 rings (SSSR count). The summed E-state index contributed by atoms with van der Waals surface area (Å²) in [5, 5.41) is 0.683. The van der Waals surface area contributed by atoms with Crippen molar-refractivity contribution in [3.8, 4) is 0 Å². The van der Waals surface area contributed by atoms with E-state index in [0.29, 0.717) is 11.1 Å². The number of hydrogen-bond acceptors (Lipinski definition) is 2. The molecular formula is C17H22ClNO. The Balaban J connectivity index is 1.75. The van der Waals surface area contributed by atoms with Crippen LogP contribution in [0.15, 0.2) is 24.3 Å². The third-order valence-electron chi connectivity index (χ3n) is 5.04. The summed E-state index contributed by atoms with van der Waals surface area (Å²) in [4.78, 5) is 15.1. The molecule has 1 aromatic rings. The number of Topliss-reactive ketones (excluding diaryl/α,β-unsaturated/α-hetero) is 1. The van der Waals surface area contributed by atoms with E-state index in [1.165, 1.54) is 32.1 Å². The Kier molecular flexibility index (Phi) is 4.13. The van der Waals surface area contributed by atoms with E-state index in [4.69, 9.17) is 11.6 Å². The van der Waals surface area contributed by atoms with Crippen LogP contribution in [-0.2, 0) is 0 Å². The van der Waals surface area contributed by atoms with Crippen molar-refractivity contribution in [2.75, 3.05) is 6.54 Å². The maximum atomic E-state index is 12.7. The minimum atomic E-state index is -0.0120. The molecule has 1 saturated heterocycles. The van der Waals surface area contributed by atoms with Crippen LogP contribution in [0.4, 0.5) is 0 Å². The van der Waals surface area contributed by atoms with Crippen LogP contribution in [0.5, 0.6) is 0 Å². The van der Waals surface area contributed by atoms with Gasteiger partial charge in [-0.25, -0.2) is 0 Å². The Bertz CT molecular complexity index is 484. The second-order valence-electron chi connectivity index (χ2n) is 6.19. The first kappa shape index (κ1) is 14.1. The third kappa shape index (κ3) is 2.64. The number of carbonyl (C=O) groups excluding carboxylic acids is 1. The van der Waals surface area contributed by atoms with E-state index in [1.54, 1.807) is 12.1 Å². The highest BCUT2D eigenvalue weighted by molar-refractivity contribution is 6.30. The predicted octanol–water partition coefficient (Wildman–Crippen LogP) is 4.18. The zero-order valence-electron chi connectivity index (χ0n) is 12.0. The van der Waals surface area contributed by atoms with E-state index in [0.717, 1.165) is 18.0 Å². The van der Waals surface area contributed by atoms with Crippen molar-refractivity contribution in [2.45, 2.75) is 51.1 Å². The molecule has 0 amide bonds. The summed E-state index contributed by atoms with van der Waals surface area (Å²) in [6.07, 6.45) is 6.53. The number of ketones is 1. The Morgan fingerprint density at radius 3 is 2.65 bits per heavy atom. The zero-order valence-corrected chi connectivity index (χ0v) is 12.8. The van der Waals surface area contributed by atoms with E-state index < -0.39 is 0 Å². The first-order valence-corrected chi connectivity index (χ1v) is 8.10. The Morgan fingerprint density at radius 2 is 1.90 bits per heavy atom. The number of carbonyl (C=O) groups is 1. The lowest BCUT2D eigenvalue weighted by Gasteiger charge is -2.41. The molecule has 1 heterocycles. The van der Waals surface area contributed by atoms with Crippen LogP contribution in [0, 0.1) is 5.92 Å². The lowest BCUT2D eigenvalue weighted by atomic mass is 9.89. The number of piperidine rings is 1. The number of rotatable bonds is 3. The molecule has 0 aromatic heterocycles. The fraction of sp³-hybridized carbons (Fsp3) is 0.588. The van der Waals surface area contributed by atoms with Gasteiger partial charge in [-0.3, -0.25) is 9.69 Å². The van der Waals surface area contributed by atoms with E-state index in [9.17, 15) is 4.79 Å². The monoisotopic (exact) mass is 291 g/mol. The van der Waals surface area contributed by atoms with Crippen molar-refractivity contribution in [1.29, 1.82) is 0 Å². The lowest BCUT2D eigenvalue weighted by molar-refractivity contribution is 0.0565. The molecule has 3 atom stereocenters. The highest BCUT2D eigenvalue weighted by atomic mass is 35.5. The summed E-state index contributed by atoms with van der Waals surface area (Å²) in [5.41, 5.74) is 0.780. The number of benzene rings is 1. The van der Waals surface area contributed by atoms with Crippen LogP contribution < -0.4 is 0 Å². The number of fused-ring (bicyclic) bond motifs is 1. The maximum Gasteiger partial charge on any atom is 0.179 e. The predicted molar refractivity (Wildman–Crippen MR) is 82.3 cm³/mol. The number of nitrogens with zero attached hydrogens (tertiary/aromatic N) is 1. The summed E-state index contributed by atoms with van der Waals surface area (Å²) < 4.78 is 0. The molecule has 0 N–H and O–H groups in total. The molecule has 0 bridgehead atoms. The molecule has 1 aliphatic carbocycles. The van der Waals surface area contributed by atoms with Crippen LogP contribution in [0.2, 0.25) is 5.02 Å². The first-order valence-electron chi connectivity index (χ1n) is 7.72. The van der Waals surface area contributed by atoms with Crippen molar-refractivity contribution < 1.29 is 4.79 Å². The first-order chi connectivity index (χ1) is 9.66. The summed E-state index contributed by atoms with van der Waals surface area (Å²) in [5.74, 6) is 1.05. The van der Waals surface area contributed by atoms with Gasteiger partial charge in [0.05, 0.1) is 6.04 Å². The average Bonchev–Trinajstić information content (AvgIpc) is 2.95. The largest absolute Gasteiger partial charge is 0.292 e. The molecule has 1 aliphatic heterocycles. The van der Waals surface area contributed by atoms with E-state index in [2.05, 4.69) is 11.8 Å². The van der Waals surface area contributed by atoms with Gasteiger partial charge in [0.15, 0.2) is 5.78 Å². The highest BCUT2D eigenvalue weighted by Crippen LogP contribution is 2.38. The highest BCUT2D eigenvalue weighted by Gasteiger charge is 2.38. The SMILES string of the molecule is CC(C(=O)c1ccc(Cl)cc1)N1CCCC2CCCC21. The van der Waals surface area contributed by atoms with Crippen molar-refractivity contribution in [2.24, 2.45) is 5.92 Å². The maximum absolute atomic E-state index is 12.7. The van der Waals surface area contributed by atoms with Gasteiger partial charge in [-0.2, -0.15) is 0 Å². The van der Waals surface area contributed by atoms with Gasteiger partial charge in [-0.15, -0.1) is 0 Å². The normalized spacial score (nSPS) is 28.1. The molecule has 20 heavy (non-hydrogen) atoms. The minimum Gasteiger partial charge on any atom is -0.292 e. The van der Waals surface area contributed by atoms with Gasteiger partial charge in [-0.1, -0.05) is 18.0 Å². The topological polar surface area (TPSA) is 20.3 Å². The van der Waals surface area contributed by atoms with Crippen molar-refractivity contribution in [3.63, 3.8) is 0 Å². The van der Waals surface area contributed by atoms with Crippen LogP contribution in [0.1, 0.15) is 49.4 Å². The Morgan fingerprint density at radius 1 is 1.20 bits per heavy atom. The average molecular weight is 292 g/mol. The molecule has 3 unspecified atom stereocenters. The molecule has 2 nitrogen and oxygen atoms in total. The van der Waals surface area contributed by atoms with Crippen molar-refractivity contribution in [1.82, 2.24) is 4.90 Å². The molecule has 0 spiro atoms. The van der Waals surface area contributed by atoms with Crippen LogP contribution >= 0.6 is 11.6 Å². The molecule has 2 fully saturated rings. The fourth-order valence-electron chi connectivity index (χ4n) is 3.98. The summed E-state index contributed by atoms with van der Waals surface area (Å²) >= 11 is 5.90. The van der Waals surface area contributed by atoms with Gasteiger partial charge in [0.25, 0.3) is 0 Å². The van der Waals surface area contributed by atoms with Crippen LogP contribution in [0.25, 0.3) is 0 Å². The molecule has 0 radical (unpaired) electrons. The molecule has 1 aromatic carbocycles. The quantitative estimate of drug-likeness (QED) is 0.779. The Labute approximate surface area is 126 Å². The smallest absolute Gasteiger partial charge is 0.179 e.